The van der Waals surface area contributed by atoms with E-state index in [9.17, 15) is 24.0 Å². The minimum Gasteiger partial charge on any atom is -0.458 e. The second-order valence-electron chi connectivity index (χ2n) is 7.86. The summed E-state index contributed by atoms with van der Waals surface area (Å²) >= 11 is 0. The van der Waals surface area contributed by atoms with Gasteiger partial charge in [0.05, 0.1) is 0 Å². The molecule has 0 spiro atoms. The molecule has 0 aliphatic heterocycles. The fourth-order valence-corrected chi connectivity index (χ4v) is 2.05. The Bertz CT molecular complexity index is 878. The zero-order valence-electron chi connectivity index (χ0n) is 20.8. The van der Waals surface area contributed by atoms with Crippen LogP contribution in [0.4, 0.5) is 0 Å². The topological polar surface area (TPSA) is 132 Å². The van der Waals surface area contributed by atoms with Gasteiger partial charge in [-0.15, -0.1) is 0 Å². The Balaban J connectivity index is 6.46. The third-order valence-corrected chi connectivity index (χ3v) is 3.99. The molecule has 0 amide bonds. The Morgan fingerprint density at radius 3 is 1.00 bits per heavy atom. The van der Waals surface area contributed by atoms with Crippen molar-refractivity contribution in [1.82, 2.24) is 0 Å². The maximum atomic E-state index is 12.4. The summed E-state index contributed by atoms with van der Waals surface area (Å²) in [7, 11) is 0. The molecule has 0 saturated heterocycles. The summed E-state index contributed by atoms with van der Waals surface area (Å²) in [4.78, 5) is 61.0. The van der Waals surface area contributed by atoms with Crippen molar-refractivity contribution in [2.45, 2.75) is 52.9 Å². The molecule has 0 aliphatic carbocycles. The van der Waals surface area contributed by atoms with Crippen molar-refractivity contribution in [2.24, 2.45) is 0 Å². The number of carbonyl (C=O) groups is 5. The second-order valence-corrected chi connectivity index (χ2v) is 7.86. The Hall–Kier alpha value is -3.95. The molecule has 0 fully saturated rings. The molecule has 0 bridgehead atoms. The van der Waals surface area contributed by atoms with Crippen molar-refractivity contribution in [3.8, 4) is 0 Å². The maximum absolute atomic E-state index is 12.4. The van der Waals surface area contributed by atoms with Crippen LogP contribution >= 0.6 is 0 Å². The van der Waals surface area contributed by atoms with Crippen molar-refractivity contribution in [3.63, 3.8) is 0 Å². The van der Waals surface area contributed by atoms with Crippen LogP contribution in [0.3, 0.4) is 0 Å². The molecular formula is C25H32O10. The van der Waals surface area contributed by atoms with Crippen molar-refractivity contribution in [1.29, 1.82) is 0 Å². The molecule has 3 atom stereocenters. The van der Waals surface area contributed by atoms with Gasteiger partial charge in [-0.25, -0.2) is 24.0 Å². The molecule has 0 aromatic heterocycles. The van der Waals surface area contributed by atoms with Crippen molar-refractivity contribution < 1.29 is 47.7 Å². The minimum absolute atomic E-state index is 0.0182. The quantitative estimate of drug-likeness (QED) is 0.202. The fourth-order valence-electron chi connectivity index (χ4n) is 2.05. The normalized spacial score (nSPS) is 12.6. The van der Waals surface area contributed by atoms with Gasteiger partial charge in [-0.3, -0.25) is 0 Å². The van der Waals surface area contributed by atoms with E-state index < -0.39 is 61.4 Å². The third kappa shape index (κ3) is 11.1. The van der Waals surface area contributed by atoms with Gasteiger partial charge in [0.25, 0.3) is 0 Å². The molecule has 0 N–H and O–H groups in total. The molecule has 0 radical (unpaired) electrons. The SMILES string of the molecule is C=C(C)C(=O)OC[C@H](OC(=O)C(=C)C)C(OC(=O)C(=C)C)[C@@H](COC(=O)C(=C)C)OC(=O)C(=C)C. The highest BCUT2D eigenvalue weighted by atomic mass is 16.6. The van der Waals surface area contributed by atoms with Crippen molar-refractivity contribution in [3.05, 3.63) is 60.8 Å². The molecule has 35 heavy (non-hydrogen) atoms. The van der Waals surface area contributed by atoms with Crippen LogP contribution < -0.4 is 0 Å². The highest BCUT2D eigenvalue weighted by Gasteiger charge is 2.40. The van der Waals surface area contributed by atoms with E-state index in [1.54, 1.807) is 0 Å². The van der Waals surface area contributed by atoms with Gasteiger partial charge < -0.3 is 23.7 Å². The van der Waals surface area contributed by atoms with Crippen LogP contribution in [-0.2, 0) is 47.7 Å². The molecule has 0 aliphatic rings. The predicted octanol–water partition coefficient (Wildman–Crippen LogP) is 2.69. The molecule has 192 valence electrons. The zero-order chi connectivity index (χ0) is 27.5. The first-order valence-corrected chi connectivity index (χ1v) is 10.3. The summed E-state index contributed by atoms with van der Waals surface area (Å²) in [6.45, 7) is 23.0. The Kier molecular flexibility index (Phi) is 12.7. The van der Waals surface area contributed by atoms with Crippen LogP contribution in [0.2, 0.25) is 0 Å². The highest BCUT2D eigenvalue weighted by Crippen LogP contribution is 2.19. The number of esters is 5. The van der Waals surface area contributed by atoms with E-state index in [1.807, 2.05) is 0 Å². The van der Waals surface area contributed by atoms with E-state index in [-0.39, 0.29) is 27.9 Å². The summed E-state index contributed by atoms with van der Waals surface area (Å²) in [5.74, 6) is -4.42. The number of rotatable bonds is 14. The third-order valence-electron chi connectivity index (χ3n) is 3.99. The average Bonchev–Trinajstić information content (AvgIpc) is 2.76. The van der Waals surface area contributed by atoms with Crippen LogP contribution in [-0.4, -0.2) is 61.4 Å². The predicted molar refractivity (Wildman–Crippen MR) is 126 cm³/mol. The molecule has 0 rings (SSSR count). The molecule has 1 unspecified atom stereocenters. The summed E-state index contributed by atoms with van der Waals surface area (Å²) in [5.41, 5.74) is 0.0193. The Morgan fingerprint density at radius 1 is 0.486 bits per heavy atom. The zero-order valence-corrected chi connectivity index (χ0v) is 20.8. The number of hydrogen-bond acceptors (Lipinski definition) is 10. The lowest BCUT2D eigenvalue weighted by Gasteiger charge is -2.32. The summed E-state index contributed by atoms with van der Waals surface area (Å²) in [6.07, 6.45) is -4.64. The number of hydrogen-bond donors (Lipinski definition) is 0. The largest absolute Gasteiger partial charge is 0.458 e. The molecule has 0 heterocycles. The molecular weight excluding hydrogens is 460 g/mol. The van der Waals surface area contributed by atoms with E-state index in [1.165, 1.54) is 34.6 Å². The van der Waals surface area contributed by atoms with Gasteiger partial charge in [-0.1, -0.05) is 32.9 Å². The van der Waals surface area contributed by atoms with Crippen LogP contribution in [0.15, 0.2) is 60.8 Å². The minimum atomic E-state index is -1.61. The first-order chi connectivity index (χ1) is 16.1. The Labute approximate surface area is 204 Å². The van der Waals surface area contributed by atoms with E-state index in [0.29, 0.717) is 0 Å². The lowest BCUT2D eigenvalue weighted by molar-refractivity contribution is -0.191. The van der Waals surface area contributed by atoms with E-state index in [4.69, 9.17) is 23.7 Å². The monoisotopic (exact) mass is 492 g/mol. The fraction of sp³-hybridized carbons (Fsp3) is 0.400. The van der Waals surface area contributed by atoms with Crippen molar-refractivity contribution >= 4 is 29.8 Å². The van der Waals surface area contributed by atoms with Gasteiger partial charge in [0.15, 0.2) is 18.3 Å². The lowest BCUT2D eigenvalue weighted by atomic mass is 10.1. The smallest absolute Gasteiger partial charge is 0.333 e. The van der Waals surface area contributed by atoms with Gasteiger partial charge in [0, 0.05) is 27.9 Å². The number of carbonyl (C=O) groups excluding carboxylic acids is 5. The average molecular weight is 493 g/mol. The van der Waals surface area contributed by atoms with E-state index >= 15 is 0 Å². The van der Waals surface area contributed by atoms with E-state index in [2.05, 4.69) is 32.9 Å². The summed E-state index contributed by atoms with van der Waals surface area (Å²) in [6, 6.07) is 0. The number of ether oxygens (including phenoxy) is 5. The molecule has 0 saturated carbocycles. The van der Waals surface area contributed by atoms with Crippen LogP contribution in [0, 0.1) is 0 Å². The molecule has 10 nitrogen and oxygen atoms in total. The van der Waals surface area contributed by atoms with Gasteiger partial charge in [-0.2, -0.15) is 0 Å². The summed E-state index contributed by atoms with van der Waals surface area (Å²) < 4.78 is 26.3. The van der Waals surface area contributed by atoms with Crippen molar-refractivity contribution in [2.75, 3.05) is 13.2 Å². The van der Waals surface area contributed by atoms with Crippen LogP contribution in [0.25, 0.3) is 0 Å². The first kappa shape index (κ1) is 31.0. The lowest BCUT2D eigenvalue weighted by Crippen LogP contribution is -2.50. The van der Waals surface area contributed by atoms with Crippen LogP contribution in [0.5, 0.6) is 0 Å². The molecule has 0 aromatic rings. The Morgan fingerprint density at radius 2 is 0.743 bits per heavy atom. The van der Waals surface area contributed by atoms with Gasteiger partial charge in [0.2, 0.25) is 0 Å². The first-order valence-electron chi connectivity index (χ1n) is 10.3. The van der Waals surface area contributed by atoms with Gasteiger partial charge in [-0.05, 0) is 34.6 Å². The summed E-state index contributed by atoms with van der Waals surface area (Å²) in [5, 5.41) is 0. The van der Waals surface area contributed by atoms with Crippen LogP contribution in [0.1, 0.15) is 34.6 Å². The van der Waals surface area contributed by atoms with E-state index in [0.717, 1.165) is 0 Å². The molecule has 10 heteroatoms. The van der Waals surface area contributed by atoms with Gasteiger partial charge in [0.1, 0.15) is 13.2 Å². The standard InChI is InChI=1S/C25H32O10/c1-13(2)21(26)31-11-18(33-23(28)15(5)6)20(35-25(30)17(9)10)19(34-24(29)16(7)8)12-32-22(27)14(3)4/h18-20H,1,3,5,7,9,11-12H2,2,4,6,8,10H3/t18-,19+,20?. The highest BCUT2D eigenvalue weighted by molar-refractivity contribution is 5.89. The molecule has 0 aromatic carbocycles. The second kappa shape index (κ2) is 14.3. The maximum Gasteiger partial charge on any atom is 0.333 e. The van der Waals surface area contributed by atoms with Gasteiger partial charge >= 0.3 is 29.8 Å².